The zero-order valence-electron chi connectivity index (χ0n) is 10.2. The van der Waals surface area contributed by atoms with Crippen LogP contribution >= 0.6 is 0 Å². The van der Waals surface area contributed by atoms with Crippen LogP contribution in [0.4, 0.5) is 5.95 Å². The summed E-state index contributed by atoms with van der Waals surface area (Å²) in [5, 5.41) is 0. The summed E-state index contributed by atoms with van der Waals surface area (Å²) in [5.41, 5.74) is 5.58. The summed E-state index contributed by atoms with van der Waals surface area (Å²) in [6.45, 7) is 6.55. The van der Waals surface area contributed by atoms with E-state index in [1.165, 1.54) is 0 Å². The quantitative estimate of drug-likeness (QED) is 0.778. The number of aromatic nitrogens is 2. The third kappa shape index (κ3) is 3.66. The van der Waals surface area contributed by atoms with E-state index in [0.29, 0.717) is 24.3 Å². The third-order valence-electron chi connectivity index (χ3n) is 2.09. The first-order valence-corrected chi connectivity index (χ1v) is 5.49. The highest BCUT2D eigenvalue weighted by Crippen LogP contribution is 2.13. The number of hydrogen-bond donors (Lipinski definition) is 1. The first-order chi connectivity index (χ1) is 7.67. The Morgan fingerprint density at radius 2 is 2.25 bits per heavy atom. The van der Waals surface area contributed by atoms with Crippen molar-refractivity contribution in [2.75, 3.05) is 31.6 Å². The number of rotatable bonds is 6. The molecule has 0 bridgehead atoms. The second-order valence-electron chi connectivity index (χ2n) is 4.03. The van der Waals surface area contributed by atoms with Crippen LogP contribution in [0.2, 0.25) is 0 Å². The Labute approximate surface area is 96.6 Å². The summed E-state index contributed by atoms with van der Waals surface area (Å²) in [5.74, 6) is 1.80. The number of anilines is 1. The standard InChI is InChI=1S/C11H20N4O/c1-9(2)8-15(7-5-12)11-13-6-4-10(14-11)16-3/h4,6,9H,5,7-8,12H2,1-3H3. The second-order valence-corrected chi connectivity index (χ2v) is 4.03. The highest BCUT2D eigenvalue weighted by molar-refractivity contribution is 5.31. The van der Waals surface area contributed by atoms with E-state index in [0.717, 1.165) is 13.1 Å². The molecule has 90 valence electrons. The Kier molecular flexibility index (Phi) is 4.98. The van der Waals surface area contributed by atoms with Crippen molar-refractivity contribution in [3.63, 3.8) is 0 Å². The molecule has 0 aromatic carbocycles. The molecule has 0 radical (unpaired) electrons. The summed E-state index contributed by atoms with van der Waals surface area (Å²) in [7, 11) is 1.60. The van der Waals surface area contributed by atoms with Crippen LogP contribution in [0.1, 0.15) is 13.8 Å². The molecule has 5 heteroatoms. The molecular weight excluding hydrogens is 204 g/mol. The molecule has 0 aliphatic carbocycles. The van der Waals surface area contributed by atoms with E-state index < -0.39 is 0 Å². The highest BCUT2D eigenvalue weighted by atomic mass is 16.5. The maximum absolute atomic E-state index is 5.58. The fraction of sp³-hybridized carbons (Fsp3) is 0.636. The van der Waals surface area contributed by atoms with Gasteiger partial charge in [-0.25, -0.2) is 4.98 Å². The van der Waals surface area contributed by atoms with Gasteiger partial charge in [0.15, 0.2) is 0 Å². The predicted molar refractivity (Wildman–Crippen MR) is 64.7 cm³/mol. The fourth-order valence-electron chi connectivity index (χ4n) is 1.47. The van der Waals surface area contributed by atoms with Crippen molar-refractivity contribution in [3.8, 4) is 5.88 Å². The van der Waals surface area contributed by atoms with E-state index in [4.69, 9.17) is 10.5 Å². The predicted octanol–water partition coefficient (Wildman–Crippen LogP) is 0.906. The molecule has 0 atom stereocenters. The zero-order valence-corrected chi connectivity index (χ0v) is 10.2. The van der Waals surface area contributed by atoms with Crippen molar-refractivity contribution in [3.05, 3.63) is 12.3 Å². The van der Waals surface area contributed by atoms with Crippen LogP contribution < -0.4 is 15.4 Å². The molecule has 1 heterocycles. The average molecular weight is 224 g/mol. The molecule has 16 heavy (non-hydrogen) atoms. The largest absolute Gasteiger partial charge is 0.481 e. The van der Waals surface area contributed by atoms with E-state index in [9.17, 15) is 0 Å². The van der Waals surface area contributed by atoms with Crippen molar-refractivity contribution in [2.24, 2.45) is 11.7 Å². The topological polar surface area (TPSA) is 64.3 Å². The Morgan fingerprint density at radius 3 is 2.81 bits per heavy atom. The lowest BCUT2D eigenvalue weighted by molar-refractivity contribution is 0.396. The third-order valence-corrected chi connectivity index (χ3v) is 2.09. The molecule has 0 unspecified atom stereocenters. The van der Waals surface area contributed by atoms with Gasteiger partial charge in [0.1, 0.15) is 0 Å². The van der Waals surface area contributed by atoms with Gasteiger partial charge in [0.2, 0.25) is 11.8 Å². The van der Waals surface area contributed by atoms with Gasteiger partial charge in [-0.3, -0.25) is 0 Å². The molecule has 1 rings (SSSR count). The normalized spacial score (nSPS) is 10.6. The summed E-state index contributed by atoms with van der Waals surface area (Å²) in [6, 6.07) is 1.74. The summed E-state index contributed by atoms with van der Waals surface area (Å²) in [4.78, 5) is 10.6. The fourth-order valence-corrected chi connectivity index (χ4v) is 1.47. The molecule has 0 amide bonds. The van der Waals surface area contributed by atoms with Crippen molar-refractivity contribution in [1.82, 2.24) is 9.97 Å². The molecule has 0 spiro atoms. The molecule has 1 aromatic rings. The van der Waals surface area contributed by atoms with Crippen molar-refractivity contribution < 1.29 is 4.74 Å². The number of methoxy groups -OCH3 is 1. The van der Waals surface area contributed by atoms with Crippen molar-refractivity contribution in [1.29, 1.82) is 0 Å². The van der Waals surface area contributed by atoms with Crippen LogP contribution in [0.5, 0.6) is 5.88 Å². The lowest BCUT2D eigenvalue weighted by Gasteiger charge is -2.23. The van der Waals surface area contributed by atoms with Crippen molar-refractivity contribution in [2.45, 2.75) is 13.8 Å². The van der Waals surface area contributed by atoms with Gasteiger partial charge in [0.25, 0.3) is 0 Å². The van der Waals surface area contributed by atoms with Gasteiger partial charge in [0.05, 0.1) is 7.11 Å². The molecule has 0 aliphatic heterocycles. The van der Waals surface area contributed by atoms with Gasteiger partial charge in [-0.2, -0.15) is 4.98 Å². The Morgan fingerprint density at radius 1 is 1.50 bits per heavy atom. The molecule has 5 nitrogen and oxygen atoms in total. The van der Waals surface area contributed by atoms with E-state index in [-0.39, 0.29) is 0 Å². The number of ether oxygens (including phenoxy) is 1. The van der Waals surface area contributed by atoms with Gasteiger partial charge in [-0.1, -0.05) is 13.8 Å². The van der Waals surface area contributed by atoms with Crippen LogP contribution in [-0.2, 0) is 0 Å². The van der Waals surface area contributed by atoms with Gasteiger partial charge >= 0.3 is 0 Å². The summed E-state index contributed by atoms with van der Waals surface area (Å²) >= 11 is 0. The molecule has 0 saturated carbocycles. The van der Waals surface area contributed by atoms with E-state index in [1.54, 1.807) is 19.4 Å². The van der Waals surface area contributed by atoms with Crippen LogP contribution in [-0.4, -0.2) is 36.7 Å². The molecule has 2 N–H and O–H groups in total. The molecule has 0 fully saturated rings. The van der Waals surface area contributed by atoms with Gasteiger partial charge < -0.3 is 15.4 Å². The minimum absolute atomic E-state index is 0.543. The Balaban J connectivity index is 2.82. The second kappa shape index (κ2) is 6.27. The first-order valence-electron chi connectivity index (χ1n) is 5.49. The lowest BCUT2D eigenvalue weighted by atomic mass is 10.2. The summed E-state index contributed by atoms with van der Waals surface area (Å²) in [6.07, 6.45) is 1.70. The van der Waals surface area contributed by atoms with Crippen LogP contribution in [0, 0.1) is 5.92 Å². The maximum atomic E-state index is 5.58. The summed E-state index contributed by atoms with van der Waals surface area (Å²) < 4.78 is 5.08. The van der Waals surface area contributed by atoms with E-state index >= 15 is 0 Å². The first kappa shape index (κ1) is 12.7. The highest BCUT2D eigenvalue weighted by Gasteiger charge is 2.11. The minimum Gasteiger partial charge on any atom is -0.481 e. The maximum Gasteiger partial charge on any atom is 0.228 e. The van der Waals surface area contributed by atoms with Gasteiger partial charge in [-0.15, -0.1) is 0 Å². The minimum atomic E-state index is 0.543. The van der Waals surface area contributed by atoms with E-state index in [2.05, 4.69) is 28.7 Å². The zero-order chi connectivity index (χ0) is 12.0. The van der Waals surface area contributed by atoms with Crippen LogP contribution in [0.3, 0.4) is 0 Å². The van der Waals surface area contributed by atoms with Crippen LogP contribution in [0.15, 0.2) is 12.3 Å². The number of nitrogens with zero attached hydrogens (tertiary/aromatic N) is 3. The van der Waals surface area contributed by atoms with E-state index in [1.807, 2.05) is 0 Å². The number of nitrogens with two attached hydrogens (primary N) is 1. The molecule has 0 saturated heterocycles. The smallest absolute Gasteiger partial charge is 0.228 e. The Hall–Kier alpha value is -1.36. The molecule has 0 aliphatic rings. The van der Waals surface area contributed by atoms with Gasteiger partial charge in [-0.05, 0) is 5.92 Å². The number of hydrogen-bond acceptors (Lipinski definition) is 5. The Bertz CT molecular complexity index is 317. The van der Waals surface area contributed by atoms with Crippen LogP contribution in [0.25, 0.3) is 0 Å². The lowest BCUT2D eigenvalue weighted by Crippen LogP contribution is -2.34. The molecular formula is C11H20N4O. The molecule has 1 aromatic heterocycles. The average Bonchev–Trinajstić information content (AvgIpc) is 2.28. The SMILES string of the molecule is COc1ccnc(N(CCN)CC(C)C)n1. The monoisotopic (exact) mass is 224 g/mol. The van der Waals surface area contributed by atoms with Crippen molar-refractivity contribution >= 4 is 5.95 Å². The van der Waals surface area contributed by atoms with Gasteiger partial charge in [0, 0.05) is 31.9 Å².